The fourth-order valence-electron chi connectivity index (χ4n) is 3.05. The van der Waals surface area contributed by atoms with Gasteiger partial charge in [0.1, 0.15) is 0 Å². The standard InChI is InChI=1S/C12H25N3O2S2/c1-18-12-6-2-5-11(12)14-19(16,17)15-7-3-4-10(8-13)9-15/h10-12,14H,2-9,13H2,1H3. The van der Waals surface area contributed by atoms with E-state index >= 15 is 0 Å². The van der Waals surface area contributed by atoms with Gasteiger partial charge in [-0.2, -0.15) is 29.2 Å². The predicted octanol–water partition coefficient (Wildman–Crippen LogP) is 0.776. The second-order valence-corrected chi connectivity index (χ2v) is 8.32. The van der Waals surface area contributed by atoms with E-state index in [1.807, 2.05) is 0 Å². The highest BCUT2D eigenvalue weighted by atomic mass is 32.2. The summed E-state index contributed by atoms with van der Waals surface area (Å²) in [5, 5.41) is 0.421. The lowest BCUT2D eigenvalue weighted by molar-refractivity contribution is 0.267. The van der Waals surface area contributed by atoms with Gasteiger partial charge in [-0.1, -0.05) is 6.42 Å². The Labute approximate surface area is 120 Å². The molecule has 1 heterocycles. The van der Waals surface area contributed by atoms with Gasteiger partial charge in [0.05, 0.1) is 0 Å². The van der Waals surface area contributed by atoms with Crippen LogP contribution in [0.2, 0.25) is 0 Å². The largest absolute Gasteiger partial charge is 0.330 e. The topological polar surface area (TPSA) is 75.4 Å². The number of hydrogen-bond acceptors (Lipinski definition) is 4. The second kappa shape index (κ2) is 6.76. The molecule has 1 saturated heterocycles. The molecular formula is C12H25N3O2S2. The van der Waals surface area contributed by atoms with Crippen molar-refractivity contribution in [2.24, 2.45) is 11.7 Å². The molecular weight excluding hydrogens is 282 g/mol. The van der Waals surface area contributed by atoms with Gasteiger partial charge in [0, 0.05) is 24.4 Å². The van der Waals surface area contributed by atoms with Crippen molar-refractivity contribution in [2.45, 2.75) is 43.4 Å². The van der Waals surface area contributed by atoms with E-state index < -0.39 is 10.2 Å². The van der Waals surface area contributed by atoms with Gasteiger partial charge in [-0.15, -0.1) is 0 Å². The van der Waals surface area contributed by atoms with E-state index in [0.29, 0.717) is 30.8 Å². The van der Waals surface area contributed by atoms with E-state index in [1.165, 1.54) is 0 Å². The third-order valence-corrected chi connectivity index (χ3v) is 6.99. The minimum absolute atomic E-state index is 0.0956. The molecule has 2 rings (SSSR count). The molecule has 5 nitrogen and oxygen atoms in total. The lowest BCUT2D eigenvalue weighted by atomic mass is 10.0. The zero-order valence-corrected chi connectivity index (χ0v) is 13.2. The Morgan fingerprint density at radius 2 is 2.11 bits per heavy atom. The van der Waals surface area contributed by atoms with Gasteiger partial charge in [-0.3, -0.25) is 0 Å². The fraction of sp³-hybridized carbons (Fsp3) is 1.00. The molecule has 0 radical (unpaired) electrons. The molecule has 2 fully saturated rings. The monoisotopic (exact) mass is 307 g/mol. The summed E-state index contributed by atoms with van der Waals surface area (Å²) >= 11 is 1.77. The SMILES string of the molecule is CSC1CCCC1NS(=O)(=O)N1CCCC(CN)C1. The minimum Gasteiger partial charge on any atom is -0.330 e. The van der Waals surface area contributed by atoms with Crippen molar-refractivity contribution in [1.29, 1.82) is 0 Å². The number of nitrogens with one attached hydrogen (secondary N) is 1. The first-order valence-corrected chi connectivity index (χ1v) is 9.80. The van der Waals surface area contributed by atoms with Gasteiger partial charge >= 0.3 is 0 Å². The zero-order valence-electron chi connectivity index (χ0n) is 11.5. The number of thioether (sulfide) groups is 1. The molecule has 3 unspecified atom stereocenters. The van der Waals surface area contributed by atoms with Crippen molar-refractivity contribution in [3.63, 3.8) is 0 Å². The third kappa shape index (κ3) is 3.85. The number of nitrogens with zero attached hydrogens (tertiary/aromatic N) is 1. The molecule has 7 heteroatoms. The van der Waals surface area contributed by atoms with Gasteiger partial charge < -0.3 is 5.73 Å². The summed E-state index contributed by atoms with van der Waals surface area (Å²) in [4.78, 5) is 0. The van der Waals surface area contributed by atoms with Crippen LogP contribution < -0.4 is 10.5 Å². The molecule has 1 saturated carbocycles. The number of hydrogen-bond donors (Lipinski definition) is 2. The van der Waals surface area contributed by atoms with Crippen LogP contribution in [0.25, 0.3) is 0 Å². The molecule has 0 amide bonds. The Morgan fingerprint density at radius 3 is 2.79 bits per heavy atom. The Bertz CT molecular complexity index is 388. The predicted molar refractivity (Wildman–Crippen MR) is 80.3 cm³/mol. The molecule has 2 aliphatic rings. The fourth-order valence-corrected chi connectivity index (χ4v) is 5.66. The summed E-state index contributed by atoms with van der Waals surface area (Å²) < 4.78 is 29.4. The van der Waals surface area contributed by atoms with Crippen LogP contribution in [0.15, 0.2) is 0 Å². The summed E-state index contributed by atoms with van der Waals surface area (Å²) in [6.07, 6.45) is 7.20. The summed E-state index contributed by atoms with van der Waals surface area (Å²) in [5.74, 6) is 0.310. The zero-order chi connectivity index (χ0) is 13.9. The minimum atomic E-state index is -3.34. The molecule has 0 aromatic rings. The number of piperidine rings is 1. The van der Waals surface area contributed by atoms with Crippen molar-refractivity contribution < 1.29 is 8.42 Å². The van der Waals surface area contributed by atoms with Crippen LogP contribution in [0, 0.1) is 5.92 Å². The van der Waals surface area contributed by atoms with Crippen LogP contribution >= 0.6 is 11.8 Å². The second-order valence-electron chi connectivity index (χ2n) is 5.54. The van der Waals surface area contributed by atoms with Crippen LogP contribution in [-0.4, -0.2) is 49.9 Å². The number of nitrogens with two attached hydrogens (primary N) is 1. The Morgan fingerprint density at radius 1 is 1.32 bits per heavy atom. The van der Waals surface area contributed by atoms with Crippen molar-refractivity contribution in [3.05, 3.63) is 0 Å². The lowest BCUT2D eigenvalue weighted by Crippen LogP contribution is -2.51. The van der Waals surface area contributed by atoms with Crippen LogP contribution in [0.4, 0.5) is 0 Å². The molecule has 3 N–H and O–H groups in total. The van der Waals surface area contributed by atoms with Gasteiger partial charge in [0.25, 0.3) is 10.2 Å². The maximum atomic E-state index is 12.4. The first-order valence-electron chi connectivity index (χ1n) is 7.07. The molecule has 0 aromatic heterocycles. The van der Waals surface area contributed by atoms with Crippen molar-refractivity contribution in [2.75, 3.05) is 25.9 Å². The van der Waals surface area contributed by atoms with Crippen LogP contribution in [-0.2, 0) is 10.2 Å². The Kier molecular flexibility index (Phi) is 5.54. The molecule has 0 bridgehead atoms. The Balaban J connectivity index is 1.97. The van der Waals surface area contributed by atoms with Gasteiger partial charge in [-0.05, 0) is 44.4 Å². The lowest BCUT2D eigenvalue weighted by Gasteiger charge is -2.32. The first-order chi connectivity index (χ1) is 9.06. The van der Waals surface area contributed by atoms with Crippen LogP contribution in [0.5, 0.6) is 0 Å². The molecule has 1 aliphatic carbocycles. The molecule has 0 spiro atoms. The van der Waals surface area contributed by atoms with Gasteiger partial charge in [0.2, 0.25) is 0 Å². The highest BCUT2D eigenvalue weighted by Gasteiger charge is 2.34. The summed E-state index contributed by atoms with van der Waals surface area (Å²) in [6, 6.07) is 0.0956. The van der Waals surface area contributed by atoms with Crippen LogP contribution in [0.3, 0.4) is 0 Å². The normalized spacial score (nSPS) is 33.7. The first kappa shape index (κ1) is 15.6. The van der Waals surface area contributed by atoms with Crippen LogP contribution in [0.1, 0.15) is 32.1 Å². The Hall–Kier alpha value is 0.180. The maximum absolute atomic E-state index is 12.4. The van der Waals surface area contributed by atoms with Crippen molar-refractivity contribution in [1.82, 2.24) is 9.03 Å². The van der Waals surface area contributed by atoms with E-state index in [2.05, 4.69) is 11.0 Å². The molecule has 0 aromatic carbocycles. The molecule has 19 heavy (non-hydrogen) atoms. The summed E-state index contributed by atoms with van der Waals surface area (Å²) in [6.45, 7) is 1.77. The van der Waals surface area contributed by atoms with E-state index in [4.69, 9.17) is 5.73 Å². The quantitative estimate of drug-likeness (QED) is 0.787. The van der Waals surface area contributed by atoms with E-state index in [0.717, 1.165) is 32.1 Å². The maximum Gasteiger partial charge on any atom is 0.279 e. The van der Waals surface area contributed by atoms with Gasteiger partial charge in [-0.25, -0.2) is 0 Å². The highest BCUT2D eigenvalue weighted by molar-refractivity contribution is 7.99. The summed E-state index contributed by atoms with van der Waals surface area (Å²) in [7, 11) is -3.34. The highest BCUT2D eigenvalue weighted by Crippen LogP contribution is 2.29. The molecule has 3 atom stereocenters. The molecule has 112 valence electrons. The van der Waals surface area contributed by atoms with Crippen molar-refractivity contribution in [3.8, 4) is 0 Å². The van der Waals surface area contributed by atoms with E-state index in [1.54, 1.807) is 16.1 Å². The van der Waals surface area contributed by atoms with Crippen molar-refractivity contribution >= 4 is 22.0 Å². The smallest absolute Gasteiger partial charge is 0.279 e. The van der Waals surface area contributed by atoms with E-state index in [-0.39, 0.29) is 6.04 Å². The summed E-state index contributed by atoms with van der Waals surface area (Å²) in [5.41, 5.74) is 5.67. The average molecular weight is 307 g/mol. The average Bonchev–Trinajstić information content (AvgIpc) is 2.85. The third-order valence-electron chi connectivity index (χ3n) is 4.21. The van der Waals surface area contributed by atoms with E-state index in [9.17, 15) is 8.42 Å². The number of rotatable bonds is 5. The molecule has 1 aliphatic heterocycles. The van der Waals surface area contributed by atoms with Gasteiger partial charge in [0.15, 0.2) is 0 Å².